The van der Waals surface area contributed by atoms with E-state index < -0.39 is 0 Å². The Balaban J connectivity index is 1.67. The number of thioether (sulfide) groups is 1. The second kappa shape index (κ2) is 10.9. The fourth-order valence-electron chi connectivity index (χ4n) is 3.69. The molecule has 0 aliphatic carbocycles. The Morgan fingerprint density at radius 2 is 2.07 bits per heavy atom. The Kier molecular flexibility index (Phi) is 8.03. The molecule has 0 radical (unpaired) electrons. The van der Waals surface area contributed by atoms with E-state index in [4.69, 9.17) is 0 Å². The summed E-state index contributed by atoms with van der Waals surface area (Å²) in [5.41, 5.74) is 1.18. The van der Waals surface area contributed by atoms with Crippen LogP contribution in [0, 0.1) is 17.2 Å². The largest absolute Gasteiger partial charge is 0.355 e. The summed E-state index contributed by atoms with van der Waals surface area (Å²) in [7, 11) is 0. The van der Waals surface area contributed by atoms with Crippen molar-refractivity contribution < 1.29 is 4.79 Å². The quantitative estimate of drug-likeness (QED) is 0.462. The summed E-state index contributed by atoms with van der Waals surface area (Å²) in [4.78, 5) is 27.5. The number of nitrogens with one attached hydrogen (secondary N) is 1. The van der Waals surface area contributed by atoms with Crippen molar-refractivity contribution in [2.24, 2.45) is 5.92 Å². The molecule has 158 valence electrons. The van der Waals surface area contributed by atoms with E-state index >= 15 is 0 Å². The summed E-state index contributed by atoms with van der Waals surface area (Å²) in [6.07, 6.45) is 10.7. The zero-order valence-corrected chi connectivity index (χ0v) is 18.4. The first-order valence-electron chi connectivity index (χ1n) is 10.5. The number of carbonyl (C=O) groups excluding carboxylic acids is 1. The van der Waals surface area contributed by atoms with E-state index in [1.807, 2.05) is 18.4 Å². The van der Waals surface area contributed by atoms with Crippen molar-refractivity contribution >= 4 is 34.9 Å². The molecule has 0 aromatic carbocycles. The number of piperidine rings is 1. The smallest absolute Gasteiger partial charge is 0.154 e. The fourth-order valence-corrected chi connectivity index (χ4v) is 4.05. The van der Waals surface area contributed by atoms with E-state index in [1.54, 1.807) is 18.0 Å². The number of aromatic nitrogens is 3. The summed E-state index contributed by atoms with van der Waals surface area (Å²) in [6.45, 7) is 3.59. The van der Waals surface area contributed by atoms with Gasteiger partial charge in [0.15, 0.2) is 11.6 Å². The van der Waals surface area contributed by atoms with Crippen LogP contribution in [-0.2, 0) is 4.79 Å². The third-order valence-corrected chi connectivity index (χ3v) is 6.08. The molecule has 1 aliphatic heterocycles. The number of carbonyl (C=O) groups is 1. The van der Waals surface area contributed by atoms with Gasteiger partial charge in [0.05, 0.1) is 16.9 Å². The standard InChI is InChI=1S/C22H28N6OS/c1-3-4-5-6-19(29)16-9-11-28(12-10-16)22-18(13-23)21(25-15-26-22)27-17-7-8-20(30-2)24-14-17/h7-8,14-16H,3-6,9-12H2,1-2H3,(H,25,26,27). The highest BCUT2D eigenvalue weighted by molar-refractivity contribution is 7.98. The van der Waals surface area contributed by atoms with Crippen LogP contribution < -0.4 is 10.2 Å². The van der Waals surface area contributed by atoms with Gasteiger partial charge >= 0.3 is 0 Å². The number of unbranched alkanes of at least 4 members (excludes halogenated alkanes) is 2. The van der Waals surface area contributed by atoms with Crippen LogP contribution in [-0.4, -0.2) is 40.1 Å². The first-order valence-corrected chi connectivity index (χ1v) is 11.7. The van der Waals surface area contributed by atoms with Gasteiger partial charge in [0.1, 0.15) is 23.7 Å². The fraction of sp³-hybridized carbons (Fsp3) is 0.500. The minimum atomic E-state index is 0.129. The molecule has 1 fully saturated rings. The van der Waals surface area contributed by atoms with Gasteiger partial charge in [-0.3, -0.25) is 4.79 Å². The molecule has 7 nitrogen and oxygen atoms in total. The number of nitriles is 1. The monoisotopic (exact) mass is 424 g/mol. The van der Waals surface area contributed by atoms with Gasteiger partial charge in [-0.25, -0.2) is 15.0 Å². The second-order valence-electron chi connectivity index (χ2n) is 7.43. The summed E-state index contributed by atoms with van der Waals surface area (Å²) in [5, 5.41) is 13.9. The van der Waals surface area contributed by atoms with Crippen molar-refractivity contribution in [1.29, 1.82) is 5.26 Å². The summed E-state index contributed by atoms with van der Waals surface area (Å²) < 4.78 is 0. The lowest BCUT2D eigenvalue weighted by Gasteiger charge is -2.32. The zero-order chi connectivity index (χ0) is 21.3. The van der Waals surface area contributed by atoms with E-state index in [-0.39, 0.29) is 5.92 Å². The maximum atomic E-state index is 12.4. The lowest BCUT2D eigenvalue weighted by molar-refractivity contribution is -0.123. The first-order chi connectivity index (χ1) is 14.7. The highest BCUT2D eigenvalue weighted by Crippen LogP contribution is 2.29. The van der Waals surface area contributed by atoms with Crippen molar-refractivity contribution in [3.05, 3.63) is 30.2 Å². The predicted molar refractivity (Wildman–Crippen MR) is 120 cm³/mol. The number of rotatable bonds is 9. The molecule has 1 saturated heterocycles. The number of hydrogen-bond acceptors (Lipinski definition) is 8. The molecule has 1 N–H and O–H groups in total. The van der Waals surface area contributed by atoms with Gasteiger partial charge in [0, 0.05) is 25.4 Å². The molecule has 2 aromatic heterocycles. The van der Waals surface area contributed by atoms with Crippen molar-refractivity contribution in [2.45, 2.75) is 50.5 Å². The molecule has 0 atom stereocenters. The highest BCUT2D eigenvalue weighted by atomic mass is 32.2. The Morgan fingerprint density at radius 1 is 1.27 bits per heavy atom. The molecule has 3 heterocycles. The Morgan fingerprint density at radius 3 is 2.70 bits per heavy atom. The molecular formula is C22H28N6OS. The predicted octanol–water partition coefficient (Wildman–Crippen LogP) is 4.57. The first kappa shape index (κ1) is 22.0. The molecule has 0 unspecified atom stereocenters. The van der Waals surface area contributed by atoms with Crippen LogP contribution in [0.5, 0.6) is 0 Å². The van der Waals surface area contributed by atoms with E-state index in [9.17, 15) is 10.1 Å². The summed E-state index contributed by atoms with van der Waals surface area (Å²) >= 11 is 1.57. The number of ketones is 1. The highest BCUT2D eigenvalue weighted by Gasteiger charge is 2.27. The average Bonchev–Trinajstić information content (AvgIpc) is 2.79. The molecular weight excluding hydrogens is 396 g/mol. The summed E-state index contributed by atoms with van der Waals surface area (Å²) in [5.74, 6) is 1.61. The number of nitrogens with zero attached hydrogens (tertiary/aromatic N) is 5. The van der Waals surface area contributed by atoms with Gasteiger partial charge in [0.2, 0.25) is 0 Å². The number of anilines is 3. The molecule has 0 amide bonds. The molecule has 0 saturated carbocycles. The van der Waals surface area contributed by atoms with Crippen molar-refractivity contribution in [1.82, 2.24) is 15.0 Å². The van der Waals surface area contributed by atoms with Crippen LogP contribution >= 0.6 is 11.8 Å². The molecule has 30 heavy (non-hydrogen) atoms. The maximum absolute atomic E-state index is 12.4. The van der Waals surface area contributed by atoms with Gasteiger partial charge in [-0.2, -0.15) is 5.26 Å². The Bertz CT molecular complexity index is 887. The van der Waals surface area contributed by atoms with Crippen molar-refractivity contribution in [3.63, 3.8) is 0 Å². The Hall–Kier alpha value is -2.66. The van der Waals surface area contributed by atoms with E-state index in [0.29, 0.717) is 29.4 Å². The van der Waals surface area contributed by atoms with Crippen LogP contribution in [0.25, 0.3) is 0 Å². The van der Waals surface area contributed by atoms with Crippen LogP contribution in [0.4, 0.5) is 17.3 Å². The third-order valence-electron chi connectivity index (χ3n) is 5.42. The second-order valence-corrected chi connectivity index (χ2v) is 8.26. The minimum Gasteiger partial charge on any atom is -0.355 e. The van der Waals surface area contributed by atoms with E-state index in [0.717, 1.165) is 55.9 Å². The molecule has 2 aromatic rings. The lowest BCUT2D eigenvalue weighted by atomic mass is 9.90. The van der Waals surface area contributed by atoms with E-state index in [1.165, 1.54) is 6.33 Å². The SMILES string of the molecule is CCCCCC(=O)C1CCN(c2ncnc(Nc3ccc(SC)nc3)c2C#N)CC1. The normalized spacial score (nSPS) is 14.4. The minimum absolute atomic E-state index is 0.129. The number of hydrogen-bond donors (Lipinski definition) is 1. The molecule has 0 bridgehead atoms. The van der Waals surface area contributed by atoms with Crippen LogP contribution in [0.1, 0.15) is 51.0 Å². The number of pyridine rings is 1. The third kappa shape index (κ3) is 5.48. The lowest BCUT2D eigenvalue weighted by Crippen LogP contribution is -2.37. The van der Waals surface area contributed by atoms with Crippen molar-refractivity contribution in [2.75, 3.05) is 29.6 Å². The summed E-state index contributed by atoms with van der Waals surface area (Å²) in [6, 6.07) is 6.09. The van der Waals surface area contributed by atoms with Crippen LogP contribution in [0.15, 0.2) is 29.7 Å². The molecule has 8 heteroatoms. The topological polar surface area (TPSA) is 94.8 Å². The van der Waals surface area contributed by atoms with Gasteiger partial charge in [-0.1, -0.05) is 19.8 Å². The zero-order valence-electron chi connectivity index (χ0n) is 17.6. The van der Waals surface area contributed by atoms with E-state index in [2.05, 4.69) is 38.2 Å². The van der Waals surface area contributed by atoms with Gasteiger partial charge in [-0.15, -0.1) is 11.8 Å². The molecule has 3 rings (SSSR count). The van der Waals surface area contributed by atoms with Crippen LogP contribution in [0.3, 0.4) is 0 Å². The van der Waals surface area contributed by atoms with Gasteiger partial charge < -0.3 is 10.2 Å². The molecule has 1 aliphatic rings. The number of Topliss-reactive ketones (excluding diaryl/α,β-unsaturated/α-hetero) is 1. The Labute approximate surface area is 182 Å². The van der Waals surface area contributed by atoms with Crippen molar-refractivity contribution in [3.8, 4) is 6.07 Å². The average molecular weight is 425 g/mol. The van der Waals surface area contributed by atoms with Gasteiger partial charge in [0.25, 0.3) is 0 Å². The van der Waals surface area contributed by atoms with Gasteiger partial charge in [-0.05, 0) is 37.7 Å². The maximum Gasteiger partial charge on any atom is 0.154 e. The molecule has 0 spiro atoms. The van der Waals surface area contributed by atoms with Crippen LogP contribution in [0.2, 0.25) is 0 Å².